The van der Waals surface area contributed by atoms with Crippen molar-refractivity contribution in [1.82, 2.24) is 15.0 Å². The number of fused-ring (bicyclic) bond motifs is 2. The summed E-state index contributed by atoms with van der Waals surface area (Å²) < 4.78 is 31.9. The fraction of sp³-hybridized carbons (Fsp3) is 0.154. The Bertz CT molecular complexity index is 1650. The lowest BCUT2D eigenvalue weighted by molar-refractivity contribution is 0.0969. The van der Waals surface area contributed by atoms with Crippen LogP contribution in [0, 0.1) is 5.82 Å². The van der Waals surface area contributed by atoms with Gasteiger partial charge in [-0.3, -0.25) is 15.3 Å². The average Bonchev–Trinajstić information content (AvgIpc) is 3.34. The molecule has 0 aliphatic heterocycles. The summed E-state index contributed by atoms with van der Waals surface area (Å²) in [6.07, 6.45) is 3.32. The number of carbonyl (C=O) groups is 1. The van der Waals surface area contributed by atoms with Crippen LogP contribution in [0.5, 0.6) is 11.5 Å². The number of hydrogen-bond acceptors (Lipinski definition) is 8. The van der Waals surface area contributed by atoms with E-state index >= 15 is 4.39 Å². The molecule has 3 aromatic heterocycles. The van der Waals surface area contributed by atoms with Crippen LogP contribution < -0.4 is 14.8 Å². The minimum atomic E-state index is -0.763. The number of benzene rings is 2. The third-order valence-electron chi connectivity index (χ3n) is 5.41. The second kappa shape index (κ2) is 10.9. The summed E-state index contributed by atoms with van der Waals surface area (Å²) in [5, 5.41) is 4.19. The molecule has 5 aromatic rings. The summed E-state index contributed by atoms with van der Waals surface area (Å²) in [5.74, 6) is -0.253. The molecule has 0 spiro atoms. The van der Waals surface area contributed by atoms with Crippen LogP contribution in [0.15, 0.2) is 55.0 Å². The average molecular weight is 573 g/mol. The number of aromatic nitrogens is 3. The lowest BCUT2D eigenvalue weighted by Gasteiger charge is -2.16. The fourth-order valence-electron chi connectivity index (χ4n) is 3.68. The normalized spacial score (nSPS) is 11.9. The molecule has 12 heteroatoms. The minimum absolute atomic E-state index is 0.0831. The summed E-state index contributed by atoms with van der Waals surface area (Å²) in [4.78, 5) is 25.0. The number of amides is 1. The van der Waals surface area contributed by atoms with Gasteiger partial charge in [-0.05, 0) is 37.3 Å². The predicted molar refractivity (Wildman–Crippen MR) is 146 cm³/mol. The van der Waals surface area contributed by atoms with Crippen molar-refractivity contribution >= 4 is 67.4 Å². The van der Waals surface area contributed by atoms with Crippen LogP contribution in [0.3, 0.4) is 0 Å². The third kappa shape index (κ3) is 5.42. The molecule has 0 bridgehead atoms. The van der Waals surface area contributed by atoms with Gasteiger partial charge in [-0.1, -0.05) is 23.2 Å². The number of rotatable bonds is 7. The summed E-state index contributed by atoms with van der Waals surface area (Å²) in [5.41, 5.74) is 2.12. The molecule has 0 unspecified atom stereocenters. The number of hydrogen-bond donors (Lipinski definition) is 1. The van der Waals surface area contributed by atoms with E-state index in [0.717, 1.165) is 5.39 Å². The van der Waals surface area contributed by atoms with Crippen LogP contribution in [0.25, 0.3) is 31.7 Å². The third-order valence-corrected chi connectivity index (χ3v) is 7.01. The zero-order valence-corrected chi connectivity index (χ0v) is 22.3. The van der Waals surface area contributed by atoms with E-state index in [-0.39, 0.29) is 22.9 Å². The zero-order valence-electron chi connectivity index (χ0n) is 20.0. The summed E-state index contributed by atoms with van der Waals surface area (Å²) in [7, 11) is 1.56. The molecular weight excluding hydrogens is 554 g/mol. The molecule has 1 N–H and O–H groups in total. The Morgan fingerprint density at radius 1 is 1.18 bits per heavy atom. The molecular formula is C26H19Cl2FN4O4S. The molecule has 2 aromatic carbocycles. The SMILES string of the molecule is COc1cnc2c(-c3nc4c(Cl)c(F)c(O[C@@H](C)COC(=O)Nc5cccnc5)cc4s3)cc(Cl)cc2c1. The Labute approximate surface area is 230 Å². The largest absolute Gasteiger partial charge is 0.495 e. The molecule has 1 atom stereocenters. The maximum atomic E-state index is 15.1. The van der Waals surface area contributed by atoms with Gasteiger partial charge in [-0.2, -0.15) is 0 Å². The van der Waals surface area contributed by atoms with Crippen LogP contribution in [0.2, 0.25) is 10.0 Å². The van der Waals surface area contributed by atoms with Crippen molar-refractivity contribution in [2.45, 2.75) is 13.0 Å². The van der Waals surface area contributed by atoms with Gasteiger partial charge in [0, 0.05) is 28.2 Å². The molecule has 0 radical (unpaired) electrons. The second-order valence-corrected chi connectivity index (χ2v) is 10.0. The number of nitrogens with one attached hydrogen (secondary N) is 1. The smallest absolute Gasteiger partial charge is 0.411 e. The molecule has 0 aliphatic rings. The zero-order chi connectivity index (χ0) is 26.8. The minimum Gasteiger partial charge on any atom is -0.495 e. The van der Waals surface area contributed by atoms with Crippen molar-refractivity contribution in [3.63, 3.8) is 0 Å². The molecule has 0 saturated heterocycles. The van der Waals surface area contributed by atoms with E-state index in [9.17, 15) is 4.79 Å². The van der Waals surface area contributed by atoms with Gasteiger partial charge in [0.2, 0.25) is 0 Å². The van der Waals surface area contributed by atoms with E-state index in [0.29, 0.717) is 37.2 Å². The highest BCUT2D eigenvalue weighted by Crippen LogP contribution is 2.41. The number of carbonyl (C=O) groups excluding carboxylic acids is 1. The number of methoxy groups -OCH3 is 1. The van der Waals surface area contributed by atoms with Crippen LogP contribution in [0.4, 0.5) is 14.9 Å². The summed E-state index contributed by atoms with van der Waals surface area (Å²) in [6.45, 7) is 1.52. The van der Waals surface area contributed by atoms with Crippen molar-refractivity contribution in [2.75, 3.05) is 19.0 Å². The topological polar surface area (TPSA) is 95.5 Å². The Morgan fingerprint density at radius 3 is 2.79 bits per heavy atom. The number of nitrogens with zero attached hydrogens (tertiary/aromatic N) is 3. The quantitative estimate of drug-likeness (QED) is 0.217. The molecule has 1 amide bonds. The van der Waals surface area contributed by atoms with E-state index in [1.54, 1.807) is 50.7 Å². The highest BCUT2D eigenvalue weighted by molar-refractivity contribution is 7.21. The molecule has 0 fully saturated rings. The van der Waals surface area contributed by atoms with Gasteiger partial charge in [-0.25, -0.2) is 14.2 Å². The van der Waals surface area contributed by atoms with Crippen LogP contribution >= 0.6 is 34.5 Å². The first-order valence-electron chi connectivity index (χ1n) is 11.2. The van der Waals surface area contributed by atoms with Crippen molar-refractivity contribution in [3.05, 3.63) is 70.9 Å². The first-order chi connectivity index (χ1) is 18.3. The molecule has 8 nitrogen and oxygen atoms in total. The molecule has 0 saturated carbocycles. The van der Waals surface area contributed by atoms with E-state index in [1.165, 1.54) is 23.6 Å². The number of pyridine rings is 2. The monoisotopic (exact) mass is 572 g/mol. The Morgan fingerprint density at radius 2 is 2.03 bits per heavy atom. The summed E-state index contributed by atoms with van der Waals surface area (Å²) >= 11 is 14.0. The van der Waals surface area contributed by atoms with Crippen molar-refractivity contribution in [2.24, 2.45) is 0 Å². The Kier molecular flexibility index (Phi) is 7.46. The lowest BCUT2D eigenvalue weighted by atomic mass is 10.1. The van der Waals surface area contributed by atoms with E-state index in [4.69, 9.17) is 37.4 Å². The van der Waals surface area contributed by atoms with Crippen LogP contribution in [-0.4, -0.2) is 40.9 Å². The highest BCUT2D eigenvalue weighted by Gasteiger charge is 2.21. The molecule has 194 valence electrons. The Hall–Kier alpha value is -3.73. The lowest BCUT2D eigenvalue weighted by Crippen LogP contribution is -2.24. The number of ether oxygens (including phenoxy) is 3. The van der Waals surface area contributed by atoms with E-state index in [2.05, 4.69) is 20.3 Å². The van der Waals surface area contributed by atoms with Crippen molar-refractivity contribution in [1.29, 1.82) is 0 Å². The first kappa shape index (κ1) is 25.9. The van der Waals surface area contributed by atoms with Gasteiger partial charge in [0.25, 0.3) is 0 Å². The van der Waals surface area contributed by atoms with Gasteiger partial charge >= 0.3 is 6.09 Å². The fourth-order valence-corrected chi connectivity index (χ4v) is 5.23. The van der Waals surface area contributed by atoms with E-state index in [1.807, 2.05) is 6.07 Å². The van der Waals surface area contributed by atoms with Crippen molar-refractivity contribution in [3.8, 4) is 22.1 Å². The predicted octanol–water partition coefficient (Wildman–Crippen LogP) is 7.38. The second-order valence-electron chi connectivity index (χ2n) is 8.16. The van der Waals surface area contributed by atoms with Gasteiger partial charge in [-0.15, -0.1) is 11.3 Å². The molecule has 0 aliphatic carbocycles. The van der Waals surface area contributed by atoms with Crippen molar-refractivity contribution < 1.29 is 23.4 Å². The van der Waals surface area contributed by atoms with Crippen LogP contribution in [0.1, 0.15) is 6.92 Å². The first-order valence-corrected chi connectivity index (χ1v) is 12.8. The number of anilines is 1. The van der Waals surface area contributed by atoms with Crippen LogP contribution in [-0.2, 0) is 4.74 Å². The summed E-state index contributed by atoms with van der Waals surface area (Å²) in [6, 6.07) is 10.2. The highest BCUT2D eigenvalue weighted by atomic mass is 35.5. The standard InChI is InChI=1S/C26H19Cl2FN4O4S/c1-13(12-36-26(34)32-16-4-3-5-30-10-16)37-19-9-20-24(21(28)22(19)29)33-25(38-20)18-8-15(27)6-14-7-17(35-2)11-31-23(14)18/h3-11,13H,12H2,1-2H3,(H,32,34)/t13-/m0/s1. The van der Waals surface area contributed by atoms with Gasteiger partial charge in [0.1, 0.15) is 34.0 Å². The maximum absolute atomic E-state index is 15.1. The number of thiazole rings is 1. The molecule has 38 heavy (non-hydrogen) atoms. The number of halogens is 3. The van der Waals surface area contributed by atoms with E-state index < -0.39 is 18.0 Å². The maximum Gasteiger partial charge on any atom is 0.411 e. The van der Waals surface area contributed by atoms with Gasteiger partial charge in [0.05, 0.1) is 35.4 Å². The molecule has 3 heterocycles. The van der Waals surface area contributed by atoms with Gasteiger partial charge < -0.3 is 14.2 Å². The Balaban J connectivity index is 1.38. The van der Waals surface area contributed by atoms with Gasteiger partial charge in [0.15, 0.2) is 11.6 Å². The molecule has 5 rings (SSSR count).